The van der Waals surface area contributed by atoms with Crippen molar-refractivity contribution in [2.45, 2.75) is 38.1 Å². The summed E-state index contributed by atoms with van der Waals surface area (Å²) >= 11 is 0. The van der Waals surface area contributed by atoms with Gasteiger partial charge in [-0.05, 0) is 12.8 Å². The van der Waals surface area contributed by atoms with E-state index in [1.54, 1.807) is 0 Å². The summed E-state index contributed by atoms with van der Waals surface area (Å²) in [7, 11) is 0. The van der Waals surface area contributed by atoms with Gasteiger partial charge in [0.05, 0.1) is 5.69 Å². The fraction of sp³-hybridized carbons (Fsp3) is 0.583. The van der Waals surface area contributed by atoms with Gasteiger partial charge in [0.25, 0.3) is 0 Å². The number of fused-ring (bicyclic) bond motifs is 1. The van der Waals surface area contributed by atoms with Crippen LogP contribution in [0.2, 0.25) is 0 Å². The molecule has 16 heavy (non-hydrogen) atoms. The standard InChI is InChI=1S/C12H14N4/c13-6-11-9-7-14-5-4-10(9)15-12(16-11)8-2-1-3-8/h8,14H,1-5,7H2. The van der Waals surface area contributed by atoms with Crippen molar-refractivity contribution in [3.05, 3.63) is 22.8 Å². The Kier molecular flexibility index (Phi) is 2.33. The van der Waals surface area contributed by atoms with Crippen molar-refractivity contribution in [1.82, 2.24) is 15.3 Å². The second kappa shape index (κ2) is 3.84. The number of hydrogen-bond donors (Lipinski definition) is 1. The molecular formula is C12H14N4. The molecule has 0 aromatic carbocycles. The molecule has 1 saturated carbocycles. The molecule has 2 heterocycles. The lowest BCUT2D eigenvalue weighted by molar-refractivity contribution is 0.398. The fourth-order valence-corrected chi connectivity index (χ4v) is 2.30. The first kappa shape index (κ1) is 9.73. The Morgan fingerprint density at radius 1 is 1.31 bits per heavy atom. The zero-order valence-corrected chi connectivity index (χ0v) is 9.16. The minimum atomic E-state index is 0.507. The first-order chi connectivity index (χ1) is 7.88. The van der Waals surface area contributed by atoms with E-state index in [0.29, 0.717) is 11.6 Å². The molecule has 0 spiro atoms. The maximum atomic E-state index is 9.12. The molecule has 82 valence electrons. The van der Waals surface area contributed by atoms with Crippen LogP contribution in [0, 0.1) is 11.3 Å². The molecule has 0 unspecified atom stereocenters. The molecule has 1 aliphatic heterocycles. The second-order valence-electron chi connectivity index (χ2n) is 4.52. The Bertz CT molecular complexity index is 457. The molecule has 1 aromatic rings. The topological polar surface area (TPSA) is 61.6 Å². The molecule has 0 bridgehead atoms. The third-order valence-electron chi connectivity index (χ3n) is 3.53. The summed E-state index contributed by atoms with van der Waals surface area (Å²) in [6.45, 7) is 1.70. The van der Waals surface area contributed by atoms with E-state index in [1.807, 2.05) is 0 Å². The van der Waals surface area contributed by atoms with Gasteiger partial charge in [-0.25, -0.2) is 9.97 Å². The van der Waals surface area contributed by atoms with E-state index in [1.165, 1.54) is 19.3 Å². The predicted molar refractivity (Wildman–Crippen MR) is 58.7 cm³/mol. The van der Waals surface area contributed by atoms with E-state index in [9.17, 15) is 0 Å². The molecule has 4 heteroatoms. The Balaban J connectivity index is 2.05. The van der Waals surface area contributed by atoms with E-state index < -0.39 is 0 Å². The van der Waals surface area contributed by atoms with Crippen molar-refractivity contribution >= 4 is 0 Å². The average Bonchev–Trinajstić information content (AvgIpc) is 2.25. The Labute approximate surface area is 94.7 Å². The summed E-state index contributed by atoms with van der Waals surface area (Å²) in [5.74, 6) is 1.41. The van der Waals surface area contributed by atoms with Gasteiger partial charge in [-0.15, -0.1) is 0 Å². The molecule has 1 aliphatic carbocycles. The summed E-state index contributed by atoms with van der Waals surface area (Å²) < 4.78 is 0. The zero-order chi connectivity index (χ0) is 11.0. The number of nitriles is 1. The van der Waals surface area contributed by atoms with Crippen LogP contribution in [0.3, 0.4) is 0 Å². The number of aromatic nitrogens is 2. The van der Waals surface area contributed by atoms with Gasteiger partial charge in [-0.1, -0.05) is 6.42 Å². The highest BCUT2D eigenvalue weighted by Gasteiger charge is 2.25. The van der Waals surface area contributed by atoms with Gasteiger partial charge in [0.2, 0.25) is 0 Å². The van der Waals surface area contributed by atoms with E-state index in [-0.39, 0.29) is 0 Å². The molecular weight excluding hydrogens is 200 g/mol. The minimum Gasteiger partial charge on any atom is -0.312 e. The molecule has 0 atom stereocenters. The van der Waals surface area contributed by atoms with Crippen molar-refractivity contribution in [3.8, 4) is 6.07 Å². The van der Waals surface area contributed by atoms with Crippen LogP contribution in [-0.4, -0.2) is 16.5 Å². The van der Waals surface area contributed by atoms with Crippen molar-refractivity contribution in [1.29, 1.82) is 5.26 Å². The molecule has 0 saturated heterocycles. The molecule has 0 amide bonds. The van der Waals surface area contributed by atoms with Gasteiger partial charge in [0.15, 0.2) is 0 Å². The maximum absolute atomic E-state index is 9.12. The predicted octanol–water partition coefficient (Wildman–Crippen LogP) is 1.26. The number of nitrogens with zero attached hydrogens (tertiary/aromatic N) is 3. The van der Waals surface area contributed by atoms with Crippen LogP contribution in [-0.2, 0) is 13.0 Å². The summed E-state index contributed by atoms with van der Waals surface area (Å²) in [4.78, 5) is 9.06. The second-order valence-corrected chi connectivity index (χ2v) is 4.52. The van der Waals surface area contributed by atoms with Crippen molar-refractivity contribution in [2.24, 2.45) is 0 Å². The highest BCUT2D eigenvalue weighted by Crippen LogP contribution is 2.35. The lowest BCUT2D eigenvalue weighted by atomic mass is 9.84. The highest BCUT2D eigenvalue weighted by atomic mass is 15.0. The van der Waals surface area contributed by atoms with E-state index in [2.05, 4.69) is 21.4 Å². The van der Waals surface area contributed by atoms with Crippen LogP contribution in [0.15, 0.2) is 0 Å². The van der Waals surface area contributed by atoms with Crippen LogP contribution in [0.4, 0.5) is 0 Å². The van der Waals surface area contributed by atoms with Gasteiger partial charge in [-0.3, -0.25) is 0 Å². The van der Waals surface area contributed by atoms with Crippen LogP contribution >= 0.6 is 0 Å². The summed E-state index contributed by atoms with van der Waals surface area (Å²) in [5, 5.41) is 12.4. The zero-order valence-electron chi connectivity index (χ0n) is 9.16. The molecule has 1 fully saturated rings. The first-order valence-electron chi connectivity index (χ1n) is 5.89. The highest BCUT2D eigenvalue weighted by molar-refractivity contribution is 5.36. The van der Waals surface area contributed by atoms with Gasteiger partial charge >= 0.3 is 0 Å². The smallest absolute Gasteiger partial charge is 0.148 e. The lowest BCUT2D eigenvalue weighted by Gasteiger charge is -2.26. The van der Waals surface area contributed by atoms with Crippen molar-refractivity contribution < 1.29 is 0 Å². The summed E-state index contributed by atoms with van der Waals surface area (Å²) in [5.41, 5.74) is 2.68. The summed E-state index contributed by atoms with van der Waals surface area (Å²) in [6, 6.07) is 2.21. The maximum Gasteiger partial charge on any atom is 0.148 e. The lowest BCUT2D eigenvalue weighted by Crippen LogP contribution is -2.27. The average molecular weight is 214 g/mol. The van der Waals surface area contributed by atoms with Crippen LogP contribution in [0.1, 0.15) is 48.0 Å². The third-order valence-corrected chi connectivity index (χ3v) is 3.53. The van der Waals surface area contributed by atoms with E-state index in [4.69, 9.17) is 5.26 Å². The quantitative estimate of drug-likeness (QED) is 0.764. The van der Waals surface area contributed by atoms with E-state index >= 15 is 0 Å². The molecule has 4 nitrogen and oxygen atoms in total. The minimum absolute atomic E-state index is 0.507. The SMILES string of the molecule is N#Cc1nc(C2CCC2)nc2c1CNCC2. The van der Waals surface area contributed by atoms with Crippen LogP contribution < -0.4 is 5.32 Å². The van der Waals surface area contributed by atoms with Crippen molar-refractivity contribution in [2.75, 3.05) is 6.54 Å². The molecule has 2 aliphatic rings. The largest absolute Gasteiger partial charge is 0.312 e. The molecule has 3 rings (SSSR count). The molecule has 0 radical (unpaired) electrons. The fourth-order valence-electron chi connectivity index (χ4n) is 2.30. The van der Waals surface area contributed by atoms with Gasteiger partial charge in [-0.2, -0.15) is 5.26 Å². The molecule has 1 N–H and O–H groups in total. The van der Waals surface area contributed by atoms with Crippen molar-refractivity contribution in [3.63, 3.8) is 0 Å². The number of hydrogen-bond acceptors (Lipinski definition) is 4. The summed E-state index contributed by atoms with van der Waals surface area (Å²) in [6.07, 6.45) is 4.56. The monoisotopic (exact) mass is 214 g/mol. The Morgan fingerprint density at radius 3 is 2.88 bits per heavy atom. The normalized spacial score (nSPS) is 19.7. The van der Waals surface area contributed by atoms with Crippen LogP contribution in [0.25, 0.3) is 0 Å². The number of rotatable bonds is 1. The first-order valence-corrected chi connectivity index (χ1v) is 5.89. The third kappa shape index (κ3) is 1.48. The number of nitrogens with one attached hydrogen (secondary N) is 1. The van der Waals surface area contributed by atoms with Gasteiger partial charge in [0.1, 0.15) is 17.6 Å². The Morgan fingerprint density at radius 2 is 2.19 bits per heavy atom. The van der Waals surface area contributed by atoms with E-state index in [0.717, 1.165) is 36.6 Å². The Hall–Kier alpha value is -1.47. The van der Waals surface area contributed by atoms with Gasteiger partial charge < -0.3 is 5.32 Å². The van der Waals surface area contributed by atoms with Gasteiger partial charge in [0, 0.05) is 31.0 Å². The van der Waals surface area contributed by atoms with Crippen LogP contribution in [0.5, 0.6) is 0 Å². The molecule has 1 aromatic heterocycles.